The average molecular weight is 356 g/mol. The molecule has 0 N–H and O–H groups in total. The lowest BCUT2D eigenvalue weighted by molar-refractivity contribution is 0.101. The summed E-state index contributed by atoms with van der Waals surface area (Å²) >= 11 is 6.18. The highest BCUT2D eigenvalue weighted by Crippen LogP contribution is 2.29. The topological polar surface area (TPSA) is 48.4 Å². The van der Waals surface area contributed by atoms with Gasteiger partial charge in [-0.05, 0) is 43.3 Å². The van der Waals surface area contributed by atoms with Crippen LogP contribution in [0, 0.1) is 0 Å². The number of pyridine rings is 1. The zero-order valence-corrected chi connectivity index (χ0v) is 14.6. The maximum absolute atomic E-state index is 11.4. The average Bonchev–Trinajstić information content (AvgIpc) is 2.63. The fraction of sp³-hybridized carbons (Fsp3) is 0.200. The number of rotatable bonds is 7. The lowest BCUT2D eigenvalue weighted by Crippen LogP contribution is -2.06. The summed E-state index contributed by atoms with van der Waals surface area (Å²) in [7, 11) is 0. The number of ether oxygens (including phenoxy) is 2. The summed E-state index contributed by atoms with van der Waals surface area (Å²) in [4.78, 5) is 15.7. The van der Waals surface area contributed by atoms with Gasteiger partial charge in [-0.1, -0.05) is 23.7 Å². The van der Waals surface area contributed by atoms with Crippen molar-refractivity contribution in [3.05, 3.63) is 65.3 Å². The summed E-state index contributed by atoms with van der Waals surface area (Å²) in [6.07, 6.45) is 2.43. The number of nitrogens with zero attached hydrogens (tertiary/aromatic N) is 1. The molecule has 5 heteroatoms. The van der Waals surface area contributed by atoms with E-state index >= 15 is 0 Å². The highest BCUT2D eigenvalue weighted by molar-refractivity contribution is 6.35. The standard InChI is InChI=1S/C20H18ClNO3/c1-14(23)15-5-2-6-16(13-15)24-11-4-12-25-19-9-8-18(21)17-7-3-10-22-20(17)19/h2-3,5-10,13H,4,11-12H2,1H3. The molecule has 0 radical (unpaired) electrons. The molecule has 3 rings (SSSR count). The van der Waals surface area contributed by atoms with Crippen LogP contribution < -0.4 is 9.47 Å². The molecule has 0 amide bonds. The normalized spacial score (nSPS) is 10.6. The predicted octanol–water partition coefficient (Wildman–Crippen LogP) is 4.94. The van der Waals surface area contributed by atoms with E-state index in [4.69, 9.17) is 21.1 Å². The summed E-state index contributed by atoms with van der Waals surface area (Å²) in [6.45, 7) is 2.54. The third-order valence-corrected chi connectivity index (χ3v) is 4.06. The van der Waals surface area contributed by atoms with E-state index in [9.17, 15) is 4.79 Å². The monoisotopic (exact) mass is 355 g/mol. The van der Waals surface area contributed by atoms with Gasteiger partial charge in [0, 0.05) is 23.6 Å². The van der Waals surface area contributed by atoms with E-state index in [1.165, 1.54) is 6.92 Å². The van der Waals surface area contributed by atoms with Gasteiger partial charge in [0.15, 0.2) is 5.78 Å². The Balaban J connectivity index is 1.53. The SMILES string of the molecule is CC(=O)c1cccc(OCCCOc2ccc(Cl)c3cccnc23)c1. The fourth-order valence-corrected chi connectivity index (χ4v) is 2.68. The van der Waals surface area contributed by atoms with Gasteiger partial charge in [0.25, 0.3) is 0 Å². The molecule has 0 aliphatic rings. The number of benzene rings is 2. The van der Waals surface area contributed by atoms with Crippen molar-refractivity contribution in [3.63, 3.8) is 0 Å². The Morgan fingerprint density at radius 1 is 1.08 bits per heavy atom. The van der Waals surface area contributed by atoms with Crippen molar-refractivity contribution in [2.24, 2.45) is 0 Å². The first-order chi connectivity index (χ1) is 12.1. The van der Waals surface area contributed by atoms with Gasteiger partial charge in [-0.2, -0.15) is 0 Å². The molecule has 0 unspecified atom stereocenters. The van der Waals surface area contributed by atoms with Crippen LogP contribution in [-0.4, -0.2) is 24.0 Å². The van der Waals surface area contributed by atoms with Crippen molar-refractivity contribution in [2.75, 3.05) is 13.2 Å². The van der Waals surface area contributed by atoms with Crippen molar-refractivity contribution < 1.29 is 14.3 Å². The number of carbonyl (C=O) groups is 1. The van der Waals surface area contributed by atoms with Crippen LogP contribution in [-0.2, 0) is 0 Å². The summed E-state index contributed by atoms with van der Waals surface area (Å²) in [5.74, 6) is 1.42. The molecule has 0 saturated carbocycles. The quantitative estimate of drug-likeness (QED) is 0.445. The molecule has 0 saturated heterocycles. The van der Waals surface area contributed by atoms with E-state index in [0.717, 1.165) is 10.9 Å². The summed E-state index contributed by atoms with van der Waals surface area (Å²) in [5, 5.41) is 1.53. The van der Waals surface area contributed by atoms with Crippen molar-refractivity contribution in [3.8, 4) is 11.5 Å². The summed E-state index contributed by atoms with van der Waals surface area (Å²) in [6, 6.07) is 14.6. The predicted molar refractivity (Wildman–Crippen MR) is 98.8 cm³/mol. The van der Waals surface area contributed by atoms with Crippen molar-refractivity contribution >= 4 is 28.3 Å². The number of carbonyl (C=O) groups excluding carboxylic acids is 1. The van der Waals surface area contributed by atoms with Crippen LogP contribution in [0.5, 0.6) is 11.5 Å². The van der Waals surface area contributed by atoms with Gasteiger partial charge >= 0.3 is 0 Å². The summed E-state index contributed by atoms with van der Waals surface area (Å²) < 4.78 is 11.5. The minimum Gasteiger partial charge on any atom is -0.493 e. The van der Waals surface area contributed by atoms with Crippen LogP contribution in [0.4, 0.5) is 0 Å². The molecule has 3 aromatic rings. The van der Waals surface area contributed by atoms with E-state index in [0.29, 0.717) is 41.7 Å². The Morgan fingerprint density at radius 2 is 1.92 bits per heavy atom. The Bertz CT molecular complexity index is 895. The second-order valence-corrected chi connectivity index (χ2v) is 5.99. The number of Topliss-reactive ketones (excluding diaryl/α,β-unsaturated/α-hetero) is 1. The van der Waals surface area contributed by atoms with Crippen LogP contribution in [0.15, 0.2) is 54.7 Å². The number of hydrogen-bond donors (Lipinski definition) is 0. The first kappa shape index (κ1) is 17.2. The zero-order valence-electron chi connectivity index (χ0n) is 13.9. The van der Waals surface area contributed by atoms with E-state index < -0.39 is 0 Å². The maximum atomic E-state index is 11.4. The van der Waals surface area contributed by atoms with E-state index in [-0.39, 0.29) is 5.78 Å². The molecule has 128 valence electrons. The molecule has 0 spiro atoms. The van der Waals surface area contributed by atoms with Crippen molar-refractivity contribution in [1.29, 1.82) is 0 Å². The van der Waals surface area contributed by atoms with Gasteiger partial charge in [-0.25, -0.2) is 0 Å². The van der Waals surface area contributed by atoms with E-state index in [1.54, 1.807) is 18.3 Å². The van der Waals surface area contributed by atoms with Gasteiger partial charge in [0.1, 0.15) is 17.0 Å². The summed E-state index contributed by atoms with van der Waals surface area (Å²) in [5.41, 5.74) is 1.40. The fourth-order valence-electron chi connectivity index (χ4n) is 2.46. The van der Waals surface area contributed by atoms with Crippen LogP contribution >= 0.6 is 11.6 Å². The van der Waals surface area contributed by atoms with Gasteiger partial charge < -0.3 is 9.47 Å². The Hall–Kier alpha value is -2.59. The first-order valence-corrected chi connectivity index (χ1v) is 8.43. The van der Waals surface area contributed by atoms with Gasteiger partial charge in [0.05, 0.1) is 18.2 Å². The lowest BCUT2D eigenvalue weighted by atomic mass is 10.1. The first-order valence-electron chi connectivity index (χ1n) is 8.05. The largest absolute Gasteiger partial charge is 0.493 e. The number of aromatic nitrogens is 1. The minimum atomic E-state index is 0.0240. The third-order valence-electron chi connectivity index (χ3n) is 3.73. The second-order valence-electron chi connectivity index (χ2n) is 5.58. The number of ketones is 1. The van der Waals surface area contributed by atoms with Crippen LogP contribution in [0.1, 0.15) is 23.7 Å². The van der Waals surface area contributed by atoms with Crippen molar-refractivity contribution in [2.45, 2.75) is 13.3 Å². The molecule has 25 heavy (non-hydrogen) atoms. The molecule has 0 bridgehead atoms. The molecule has 1 heterocycles. The molecule has 2 aromatic carbocycles. The molecule has 0 aliphatic carbocycles. The zero-order chi connectivity index (χ0) is 17.6. The van der Waals surface area contributed by atoms with E-state index in [1.807, 2.05) is 36.4 Å². The molecular weight excluding hydrogens is 338 g/mol. The molecular formula is C20H18ClNO3. The molecule has 0 aliphatic heterocycles. The van der Waals surface area contributed by atoms with Gasteiger partial charge in [-0.15, -0.1) is 0 Å². The Morgan fingerprint density at radius 3 is 2.76 bits per heavy atom. The van der Waals surface area contributed by atoms with Crippen LogP contribution in [0.25, 0.3) is 10.9 Å². The number of halogens is 1. The van der Waals surface area contributed by atoms with Crippen LogP contribution in [0.2, 0.25) is 5.02 Å². The Kier molecular flexibility index (Phi) is 5.51. The smallest absolute Gasteiger partial charge is 0.159 e. The lowest BCUT2D eigenvalue weighted by Gasteiger charge is -2.10. The highest BCUT2D eigenvalue weighted by atomic mass is 35.5. The van der Waals surface area contributed by atoms with Gasteiger partial charge in [0.2, 0.25) is 0 Å². The third kappa shape index (κ3) is 4.28. The highest BCUT2D eigenvalue weighted by Gasteiger charge is 2.07. The minimum absolute atomic E-state index is 0.0240. The molecule has 1 aromatic heterocycles. The number of hydrogen-bond acceptors (Lipinski definition) is 4. The Labute approximate surface area is 151 Å². The molecule has 0 fully saturated rings. The maximum Gasteiger partial charge on any atom is 0.159 e. The van der Waals surface area contributed by atoms with Gasteiger partial charge in [-0.3, -0.25) is 9.78 Å². The second kappa shape index (κ2) is 7.99. The number of fused-ring (bicyclic) bond motifs is 1. The van der Waals surface area contributed by atoms with E-state index in [2.05, 4.69) is 4.98 Å². The molecule has 4 nitrogen and oxygen atoms in total. The van der Waals surface area contributed by atoms with Crippen molar-refractivity contribution in [1.82, 2.24) is 4.98 Å². The van der Waals surface area contributed by atoms with Crippen LogP contribution in [0.3, 0.4) is 0 Å². The molecule has 0 atom stereocenters.